The van der Waals surface area contributed by atoms with Gasteiger partial charge in [-0.15, -0.1) is 0 Å². The van der Waals surface area contributed by atoms with E-state index in [1.165, 1.54) is 5.56 Å². The number of nitrogens with zero attached hydrogens (tertiary/aromatic N) is 2. The highest BCUT2D eigenvalue weighted by Crippen LogP contribution is 2.26. The topological polar surface area (TPSA) is 42.0 Å². The van der Waals surface area contributed by atoms with Crippen molar-refractivity contribution < 1.29 is 14.3 Å². The van der Waals surface area contributed by atoms with Crippen LogP contribution in [0.25, 0.3) is 0 Å². The van der Waals surface area contributed by atoms with E-state index in [1.54, 1.807) is 0 Å². The van der Waals surface area contributed by atoms with E-state index >= 15 is 0 Å². The summed E-state index contributed by atoms with van der Waals surface area (Å²) in [5, 5.41) is 0. The molecule has 0 radical (unpaired) electrons. The molecule has 0 saturated carbocycles. The van der Waals surface area contributed by atoms with Crippen LogP contribution < -0.4 is 9.47 Å². The summed E-state index contributed by atoms with van der Waals surface area (Å²) in [7, 11) is 0. The van der Waals surface area contributed by atoms with Crippen LogP contribution in [-0.4, -0.2) is 55.1 Å². The molecule has 0 aromatic heterocycles. The first-order valence-electron chi connectivity index (χ1n) is 9.15. The van der Waals surface area contributed by atoms with Gasteiger partial charge in [0, 0.05) is 32.7 Å². The van der Waals surface area contributed by atoms with E-state index in [0.29, 0.717) is 18.1 Å². The van der Waals surface area contributed by atoms with Crippen LogP contribution in [0.4, 0.5) is 0 Å². The average Bonchev–Trinajstić information content (AvgIpc) is 2.69. The molecule has 1 amide bonds. The molecule has 5 nitrogen and oxygen atoms in total. The molecule has 1 aliphatic rings. The van der Waals surface area contributed by atoms with E-state index in [0.717, 1.165) is 32.7 Å². The molecule has 0 spiro atoms. The number of para-hydroxylation sites is 2. The summed E-state index contributed by atoms with van der Waals surface area (Å²) in [5.41, 5.74) is 1.31. The fourth-order valence-electron chi connectivity index (χ4n) is 3.07. The number of hydrogen-bond acceptors (Lipinski definition) is 4. The number of hydrogen-bond donors (Lipinski definition) is 0. The van der Waals surface area contributed by atoms with Gasteiger partial charge in [-0.05, 0) is 24.6 Å². The highest BCUT2D eigenvalue weighted by atomic mass is 16.5. The maximum absolute atomic E-state index is 12.4. The van der Waals surface area contributed by atoms with Crippen LogP contribution in [0.2, 0.25) is 0 Å². The second kappa shape index (κ2) is 9.25. The lowest BCUT2D eigenvalue weighted by Crippen LogP contribution is -2.49. The maximum Gasteiger partial charge on any atom is 0.260 e. The van der Waals surface area contributed by atoms with Crippen LogP contribution in [0, 0.1) is 0 Å². The van der Waals surface area contributed by atoms with E-state index < -0.39 is 0 Å². The lowest BCUT2D eigenvalue weighted by atomic mass is 10.2. The van der Waals surface area contributed by atoms with E-state index in [4.69, 9.17) is 9.47 Å². The van der Waals surface area contributed by atoms with Gasteiger partial charge in [0.2, 0.25) is 0 Å². The molecule has 0 unspecified atom stereocenters. The number of amides is 1. The van der Waals surface area contributed by atoms with Crippen molar-refractivity contribution in [3.05, 3.63) is 60.2 Å². The van der Waals surface area contributed by atoms with Gasteiger partial charge >= 0.3 is 0 Å². The monoisotopic (exact) mass is 354 g/mol. The summed E-state index contributed by atoms with van der Waals surface area (Å²) in [6.45, 7) is 6.72. The van der Waals surface area contributed by atoms with Crippen molar-refractivity contribution >= 4 is 5.91 Å². The molecule has 2 aromatic rings. The molecule has 26 heavy (non-hydrogen) atoms. The average molecular weight is 354 g/mol. The lowest BCUT2D eigenvalue weighted by molar-refractivity contribution is -0.135. The summed E-state index contributed by atoms with van der Waals surface area (Å²) in [6, 6.07) is 17.9. The van der Waals surface area contributed by atoms with Crippen LogP contribution in [0.5, 0.6) is 11.5 Å². The molecular formula is C21H26N2O3. The van der Waals surface area contributed by atoms with Crippen LogP contribution in [0.3, 0.4) is 0 Å². The molecule has 138 valence electrons. The highest BCUT2D eigenvalue weighted by molar-refractivity contribution is 5.78. The SMILES string of the molecule is CCOc1ccccc1OCC(=O)N1CCN(Cc2ccccc2)CC1. The number of rotatable bonds is 7. The van der Waals surface area contributed by atoms with Crippen LogP contribution in [-0.2, 0) is 11.3 Å². The standard InChI is InChI=1S/C21H26N2O3/c1-2-25-19-10-6-7-11-20(19)26-17-21(24)23-14-12-22(13-15-23)16-18-8-4-3-5-9-18/h3-11H,2,12-17H2,1H3. The van der Waals surface area contributed by atoms with Gasteiger partial charge in [-0.25, -0.2) is 0 Å². The molecule has 1 aliphatic heterocycles. The van der Waals surface area contributed by atoms with Gasteiger partial charge in [-0.3, -0.25) is 9.69 Å². The van der Waals surface area contributed by atoms with Crippen LogP contribution in [0.15, 0.2) is 54.6 Å². The van der Waals surface area contributed by atoms with Gasteiger partial charge in [-0.1, -0.05) is 42.5 Å². The van der Waals surface area contributed by atoms with E-state index in [1.807, 2.05) is 42.2 Å². The zero-order valence-corrected chi connectivity index (χ0v) is 15.3. The predicted molar refractivity (Wildman–Crippen MR) is 101 cm³/mol. The van der Waals surface area contributed by atoms with Crippen molar-refractivity contribution in [3.8, 4) is 11.5 Å². The number of carbonyl (C=O) groups is 1. The number of ether oxygens (including phenoxy) is 2. The summed E-state index contributed by atoms with van der Waals surface area (Å²) in [6.07, 6.45) is 0. The number of piperazine rings is 1. The van der Waals surface area contributed by atoms with Crippen molar-refractivity contribution in [1.82, 2.24) is 9.80 Å². The second-order valence-electron chi connectivity index (χ2n) is 6.31. The van der Waals surface area contributed by atoms with Gasteiger partial charge in [0.15, 0.2) is 18.1 Å². The third-order valence-electron chi connectivity index (χ3n) is 4.47. The van der Waals surface area contributed by atoms with Gasteiger partial charge in [0.25, 0.3) is 5.91 Å². The van der Waals surface area contributed by atoms with Crippen LogP contribution in [0.1, 0.15) is 12.5 Å². The molecule has 2 aromatic carbocycles. The molecule has 0 atom stereocenters. The molecule has 5 heteroatoms. The molecule has 1 fully saturated rings. The van der Waals surface area contributed by atoms with Gasteiger partial charge in [-0.2, -0.15) is 0 Å². The zero-order chi connectivity index (χ0) is 18.2. The second-order valence-corrected chi connectivity index (χ2v) is 6.31. The fourth-order valence-corrected chi connectivity index (χ4v) is 3.07. The van der Waals surface area contributed by atoms with E-state index in [-0.39, 0.29) is 12.5 Å². The van der Waals surface area contributed by atoms with Crippen molar-refractivity contribution in [1.29, 1.82) is 0 Å². The first-order chi connectivity index (χ1) is 12.8. The van der Waals surface area contributed by atoms with E-state index in [2.05, 4.69) is 29.2 Å². The Morgan fingerprint density at radius 3 is 2.15 bits per heavy atom. The largest absolute Gasteiger partial charge is 0.490 e. The predicted octanol–water partition coefficient (Wildman–Crippen LogP) is 2.81. The third kappa shape index (κ3) is 4.99. The Bertz CT molecular complexity index is 697. The highest BCUT2D eigenvalue weighted by Gasteiger charge is 2.21. The lowest BCUT2D eigenvalue weighted by Gasteiger charge is -2.34. The molecule has 0 bridgehead atoms. The van der Waals surface area contributed by atoms with Gasteiger partial charge in [0.1, 0.15) is 0 Å². The smallest absolute Gasteiger partial charge is 0.260 e. The fraction of sp³-hybridized carbons (Fsp3) is 0.381. The van der Waals surface area contributed by atoms with Crippen LogP contribution >= 0.6 is 0 Å². The minimum atomic E-state index is 0.0238. The molecule has 0 N–H and O–H groups in total. The zero-order valence-electron chi connectivity index (χ0n) is 15.3. The Morgan fingerprint density at radius 1 is 0.885 bits per heavy atom. The Labute approximate surface area is 155 Å². The molecule has 1 heterocycles. The number of benzene rings is 2. The van der Waals surface area contributed by atoms with Crippen molar-refractivity contribution in [2.24, 2.45) is 0 Å². The molecule has 1 saturated heterocycles. The summed E-state index contributed by atoms with van der Waals surface area (Å²) >= 11 is 0. The maximum atomic E-state index is 12.4. The Morgan fingerprint density at radius 2 is 1.50 bits per heavy atom. The summed E-state index contributed by atoms with van der Waals surface area (Å²) in [4.78, 5) is 16.7. The Hall–Kier alpha value is -2.53. The first-order valence-corrected chi connectivity index (χ1v) is 9.15. The molecule has 3 rings (SSSR count). The van der Waals surface area contributed by atoms with Crippen molar-refractivity contribution in [3.63, 3.8) is 0 Å². The van der Waals surface area contributed by atoms with Gasteiger partial charge < -0.3 is 14.4 Å². The normalized spacial score (nSPS) is 14.9. The van der Waals surface area contributed by atoms with E-state index in [9.17, 15) is 4.79 Å². The van der Waals surface area contributed by atoms with Crippen molar-refractivity contribution in [2.45, 2.75) is 13.5 Å². The summed E-state index contributed by atoms with van der Waals surface area (Å²) in [5.74, 6) is 1.32. The quantitative estimate of drug-likeness (QED) is 0.767. The molecule has 0 aliphatic carbocycles. The Balaban J connectivity index is 1.45. The minimum Gasteiger partial charge on any atom is -0.490 e. The number of carbonyl (C=O) groups excluding carboxylic acids is 1. The van der Waals surface area contributed by atoms with Crippen molar-refractivity contribution in [2.75, 3.05) is 39.4 Å². The molecular weight excluding hydrogens is 328 g/mol. The minimum absolute atomic E-state index is 0.0238. The first kappa shape index (κ1) is 18.3. The Kier molecular flexibility index (Phi) is 6.50. The third-order valence-corrected chi connectivity index (χ3v) is 4.47. The van der Waals surface area contributed by atoms with Gasteiger partial charge in [0.05, 0.1) is 6.61 Å². The summed E-state index contributed by atoms with van der Waals surface area (Å²) < 4.78 is 11.2.